The van der Waals surface area contributed by atoms with Crippen LogP contribution < -0.4 is 10.1 Å². The molecule has 1 atom stereocenters. The van der Waals surface area contributed by atoms with Gasteiger partial charge < -0.3 is 20.3 Å². The van der Waals surface area contributed by atoms with E-state index in [1.165, 1.54) is 5.56 Å². The fourth-order valence-electron chi connectivity index (χ4n) is 1.63. The van der Waals surface area contributed by atoms with E-state index in [1.54, 1.807) is 0 Å². The lowest BCUT2D eigenvalue weighted by atomic mass is 10.1. The van der Waals surface area contributed by atoms with Gasteiger partial charge in [0.15, 0.2) is 0 Å². The summed E-state index contributed by atoms with van der Waals surface area (Å²) in [6, 6.07) is 5.95. The van der Waals surface area contributed by atoms with Crippen LogP contribution in [-0.4, -0.2) is 36.1 Å². The van der Waals surface area contributed by atoms with E-state index in [2.05, 4.69) is 18.3 Å². The minimum absolute atomic E-state index is 0.111. The normalized spacial score (nSPS) is 12.4. The smallest absolute Gasteiger partial charge is 0.123 e. The van der Waals surface area contributed by atoms with Gasteiger partial charge in [-0.15, -0.1) is 0 Å². The summed E-state index contributed by atoms with van der Waals surface area (Å²) < 4.78 is 5.53. The molecule has 1 rings (SSSR count). The second-order valence-corrected chi connectivity index (χ2v) is 4.44. The molecule has 0 saturated heterocycles. The van der Waals surface area contributed by atoms with E-state index in [0.717, 1.165) is 30.8 Å². The Hall–Kier alpha value is -1.10. The zero-order valence-electron chi connectivity index (χ0n) is 11.1. The van der Waals surface area contributed by atoms with Crippen LogP contribution in [0.4, 0.5) is 0 Å². The van der Waals surface area contributed by atoms with Gasteiger partial charge in [-0.05, 0) is 26.0 Å². The Labute approximate surface area is 109 Å². The van der Waals surface area contributed by atoms with Crippen molar-refractivity contribution >= 4 is 0 Å². The molecule has 0 spiro atoms. The topological polar surface area (TPSA) is 61.7 Å². The molecule has 18 heavy (non-hydrogen) atoms. The van der Waals surface area contributed by atoms with Crippen LogP contribution in [0.3, 0.4) is 0 Å². The minimum Gasteiger partial charge on any atom is -0.490 e. The maximum atomic E-state index is 9.29. The molecule has 1 aromatic carbocycles. The fourth-order valence-corrected chi connectivity index (χ4v) is 1.63. The molecular formula is C14H23NO3. The predicted molar refractivity (Wildman–Crippen MR) is 71.8 cm³/mol. The monoisotopic (exact) mass is 253 g/mol. The number of hydrogen-bond acceptors (Lipinski definition) is 4. The van der Waals surface area contributed by atoms with E-state index >= 15 is 0 Å². The van der Waals surface area contributed by atoms with E-state index in [1.807, 2.05) is 19.1 Å². The van der Waals surface area contributed by atoms with Gasteiger partial charge in [-0.3, -0.25) is 0 Å². The summed E-state index contributed by atoms with van der Waals surface area (Å²) in [5, 5.41) is 21.4. The molecule has 0 aliphatic rings. The number of hydrogen-bond donors (Lipinski definition) is 3. The maximum Gasteiger partial charge on any atom is 0.123 e. The standard InChI is InChI=1S/C14H23NO3/c1-3-6-15-8-12-7-11(2)4-5-14(12)18-10-13(17)9-16/h4-5,7,13,15-17H,3,6,8-10H2,1-2H3. The number of aliphatic hydroxyl groups excluding tert-OH is 2. The number of rotatable bonds is 8. The van der Waals surface area contributed by atoms with E-state index in [4.69, 9.17) is 9.84 Å². The number of aliphatic hydroxyl groups is 2. The van der Waals surface area contributed by atoms with Crippen LogP contribution in [0.5, 0.6) is 5.75 Å². The van der Waals surface area contributed by atoms with Crippen molar-refractivity contribution in [2.45, 2.75) is 32.9 Å². The highest BCUT2D eigenvalue weighted by Gasteiger charge is 2.07. The molecule has 0 radical (unpaired) electrons. The van der Waals surface area contributed by atoms with E-state index < -0.39 is 6.10 Å². The SMILES string of the molecule is CCCNCc1cc(C)ccc1OCC(O)CO. The Morgan fingerprint density at radius 1 is 1.39 bits per heavy atom. The van der Waals surface area contributed by atoms with Crippen molar-refractivity contribution < 1.29 is 14.9 Å². The van der Waals surface area contributed by atoms with Gasteiger partial charge in [-0.2, -0.15) is 0 Å². The van der Waals surface area contributed by atoms with Crippen molar-refractivity contribution in [1.29, 1.82) is 0 Å². The van der Waals surface area contributed by atoms with Crippen molar-refractivity contribution in [3.8, 4) is 5.75 Å². The first-order chi connectivity index (χ1) is 8.67. The molecule has 0 aliphatic heterocycles. The Morgan fingerprint density at radius 3 is 2.83 bits per heavy atom. The first kappa shape index (κ1) is 15.0. The summed E-state index contributed by atoms with van der Waals surface area (Å²) in [5.41, 5.74) is 2.26. The number of nitrogens with one attached hydrogen (secondary N) is 1. The van der Waals surface area contributed by atoms with Gasteiger partial charge in [0, 0.05) is 12.1 Å². The molecule has 0 bridgehead atoms. The second-order valence-electron chi connectivity index (χ2n) is 4.44. The fraction of sp³-hybridized carbons (Fsp3) is 0.571. The third-order valence-electron chi connectivity index (χ3n) is 2.60. The van der Waals surface area contributed by atoms with Gasteiger partial charge in [0.1, 0.15) is 18.5 Å². The summed E-state index contributed by atoms with van der Waals surface area (Å²) in [7, 11) is 0. The summed E-state index contributed by atoms with van der Waals surface area (Å²) >= 11 is 0. The minimum atomic E-state index is -0.831. The second kappa shape index (κ2) is 8.08. The third kappa shape index (κ3) is 5.04. The first-order valence-corrected chi connectivity index (χ1v) is 6.39. The number of aryl methyl sites for hydroxylation is 1. The van der Waals surface area contributed by atoms with Crippen molar-refractivity contribution in [3.63, 3.8) is 0 Å². The van der Waals surface area contributed by atoms with Gasteiger partial charge in [-0.1, -0.05) is 24.6 Å². The van der Waals surface area contributed by atoms with Gasteiger partial charge >= 0.3 is 0 Å². The zero-order chi connectivity index (χ0) is 13.4. The van der Waals surface area contributed by atoms with Crippen LogP contribution in [0.1, 0.15) is 24.5 Å². The molecule has 0 fully saturated rings. The Balaban J connectivity index is 2.63. The average molecular weight is 253 g/mol. The Bertz CT molecular complexity index is 355. The zero-order valence-corrected chi connectivity index (χ0v) is 11.1. The highest BCUT2D eigenvalue weighted by atomic mass is 16.5. The van der Waals surface area contributed by atoms with Gasteiger partial charge in [0.05, 0.1) is 6.61 Å². The lowest BCUT2D eigenvalue weighted by molar-refractivity contribution is 0.0532. The number of ether oxygens (including phenoxy) is 1. The quantitative estimate of drug-likeness (QED) is 0.610. The third-order valence-corrected chi connectivity index (χ3v) is 2.60. The first-order valence-electron chi connectivity index (χ1n) is 6.39. The molecule has 4 heteroatoms. The Morgan fingerprint density at radius 2 is 2.17 bits per heavy atom. The summed E-state index contributed by atoms with van der Waals surface area (Å²) in [4.78, 5) is 0. The highest BCUT2D eigenvalue weighted by Crippen LogP contribution is 2.20. The van der Waals surface area contributed by atoms with E-state index in [-0.39, 0.29) is 13.2 Å². The molecular weight excluding hydrogens is 230 g/mol. The van der Waals surface area contributed by atoms with Gasteiger partial charge in [-0.25, -0.2) is 0 Å². The molecule has 0 aliphatic carbocycles. The molecule has 0 heterocycles. The van der Waals surface area contributed by atoms with Crippen LogP contribution in [0.15, 0.2) is 18.2 Å². The number of benzene rings is 1. The molecule has 0 saturated carbocycles. The van der Waals surface area contributed by atoms with Crippen LogP contribution in [0, 0.1) is 6.92 Å². The molecule has 3 N–H and O–H groups in total. The van der Waals surface area contributed by atoms with Crippen molar-refractivity contribution in [1.82, 2.24) is 5.32 Å². The summed E-state index contributed by atoms with van der Waals surface area (Å²) in [5.74, 6) is 0.761. The average Bonchev–Trinajstić information content (AvgIpc) is 2.37. The Kier molecular flexibility index (Phi) is 6.72. The van der Waals surface area contributed by atoms with E-state index in [0.29, 0.717) is 0 Å². The molecule has 102 valence electrons. The largest absolute Gasteiger partial charge is 0.490 e. The van der Waals surface area contributed by atoms with Crippen LogP contribution >= 0.6 is 0 Å². The summed E-state index contributed by atoms with van der Waals surface area (Å²) in [6.07, 6.45) is 0.258. The van der Waals surface area contributed by atoms with Crippen molar-refractivity contribution in [2.75, 3.05) is 19.8 Å². The predicted octanol–water partition coefficient (Wildman–Crippen LogP) is 1.23. The molecule has 1 unspecified atom stereocenters. The molecule has 1 aromatic rings. The molecule has 0 aromatic heterocycles. The molecule has 4 nitrogen and oxygen atoms in total. The lowest BCUT2D eigenvalue weighted by Crippen LogP contribution is -2.22. The van der Waals surface area contributed by atoms with Crippen LogP contribution in [-0.2, 0) is 6.54 Å². The van der Waals surface area contributed by atoms with Gasteiger partial charge in [0.2, 0.25) is 0 Å². The van der Waals surface area contributed by atoms with Gasteiger partial charge in [0.25, 0.3) is 0 Å². The summed E-state index contributed by atoms with van der Waals surface area (Å²) in [6.45, 7) is 5.70. The van der Waals surface area contributed by atoms with Crippen molar-refractivity contribution in [2.24, 2.45) is 0 Å². The van der Waals surface area contributed by atoms with Crippen molar-refractivity contribution in [3.05, 3.63) is 29.3 Å². The highest BCUT2D eigenvalue weighted by molar-refractivity contribution is 5.36. The molecule has 0 amide bonds. The lowest BCUT2D eigenvalue weighted by Gasteiger charge is -2.14. The van der Waals surface area contributed by atoms with E-state index in [9.17, 15) is 5.11 Å². The van der Waals surface area contributed by atoms with Crippen LogP contribution in [0.25, 0.3) is 0 Å². The van der Waals surface area contributed by atoms with Crippen LogP contribution in [0.2, 0.25) is 0 Å². The maximum absolute atomic E-state index is 9.29.